The van der Waals surface area contributed by atoms with Gasteiger partial charge in [-0.3, -0.25) is 9.59 Å². The first-order valence-corrected chi connectivity index (χ1v) is 13.3. The second kappa shape index (κ2) is 13.9. The topological polar surface area (TPSA) is 58.6 Å². The molecule has 3 aromatic carbocycles. The van der Waals surface area contributed by atoms with Gasteiger partial charge in [0.15, 0.2) is 6.61 Å². The van der Waals surface area contributed by atoms with E-state index in [0.29, 0.717) is 33.8 Å². The summed E-state index contributed by atoms with van der Waals surface area (Å²) in [6, 6.07) is 18.6. The van der Waals surface area contributed by atoms with Crippen molar-refractivity contribution >= 4 is 58.2 Å². The van der Waals surface area contributed by atoms with Gasteiger partial charge in [-0.25, -0.2) is 0 Å². The summed E-state index contributed by atoms with van der Waals surface area (Å²) >= 11 is 24.5. The van der Waals surface area contributed by atoms with Crippen LogP contribution in [0.2, 0.25) is 20.1 Å². The Hall–Kier alpha value is -2.44. The van der Waals surface area contributed by atoms with Crippen molar-refractivity contribution in [1.29, 1.82) is 0 Å². The molecule has 0 saturated heterocycles. The van der Waals surface area contributed by atoms with Crippen LogP contribution < -0.4 is 10.1 Å². The Labute approximate surface area is 237 Å². The summed E-state index contributed by atoms with van der Waals surface area (Å²) in [5.74, 6) is -0.0816. The van der Waals surface area contributed by atoms with Crippen molar-refractivity contribution in [2.45, 2.75) is 32.9 Å². The number of amides is 2. The summed E-state index contributed by atoms with van der Waals surface area (Å²) in [5.41, 5.74) is 1.64. The molecule has 0 aliphatic rings. The maximum absolute atomic E-state index is 13.6. The van der Waals surface area contributed by atoms with E-state index in [1.807, 2.05) is 44.2 Å². The molecule has 0 fully saturated rings. The van der Waals surface area contributed by atoms with Gasteiger partial charge in [0.1, 0.15) is 11.8 Å². The van der Waals surface area contributed by atoms with Crippen molar-refractivity contribution in [2.75, 3.05) is 13.2 Å². The first-order valence-electron chi connectivity index (χ1n) is 11.8. The highest BCUT2D eigenvalue weighted by atomic mass is 35.5. The van der Waals surface area contributed by atoms with E-state index in [0.717, 1.165) is 11.1 Å². The molecular weight excluding hydrogens is 554 g/mol. The number of nitrogens with one attached hydrogen (secondary N) is 1. The lowest BCUT2D eigenvalue weighted by molar-refractivity contribution is -0.142. The number of hydrogen-bond acceptors (Lipinski definition) is 3. The number of rotatable bonds is 11. The van der Waals surface area contributed by atoms with Crippen LogP contribution in [0, 0.1) is 5.92 Å². The monoisotopic (exact) mass is 580 g/mol. The second-order valence-corrected chi connectivity index (χ2v) is 10.6. The summed E-state index contributed by atoms with van der Waals surface area (Å²) in [7, 11) is 0. The summed E-state index contributed by atoms with van der Waals surface area (Å²) in [5, 5.41) is 4.48. The van der Waals surface area contributed by atoms with E-state index in [4.69, 9.17) is 51.1 Å². The Kier molecular flexibility index (Phi) is 11.0. The Morgan fingerprint density at radius 2 is 1.59 bits per heavy atom. The van der Waals surface area contributed by atoms with Gasteiger partial charge in [-0.2, -0.15) is 0 Å². The standard InChI is InChI=1S/C28H28Cl4N2O3/c1-18(2)15-33-28(36)25(13-19-6-4-3-5-7-19)34(16-20-8-10-22(30)23(31)12-20)27(35)17-37-26-11-9-21(29)14-24(26)32/h3-12,14,18,25H,13,15-17H2,1-2H3,(H,33,36). The van der Waals surface area contributed by atoms with Gasteiger partial charge < -0.3 is 15.0 Å². The SMILES string of the molecule is CC(C)CNC(=O)C(Cc1ccccc1)N(Cc1ccc(Cl)c(Cl)c1)C(=O)COc1ccc(Cl)cc1Cl. The molecule has 9 heteroatoms. The molecule has 0 aliphatic heterocycles. The molecule has 196 valence electrons. The lowest BCUT2D eigenvalue weighted by Crippen LogP contribution is -2.52. The zero-order valence-electron chi connectivity index (χ0n) is 20.5. The number of carbonyl (C=O) groups is 2. The number of halogens is 4. The Bertz CT molecular complexity index is 1220. The highest BCUT2D eigenvalue weighted by Crippen LogP contribution is 2.28. The third kappa shape index (κ3) is 8.82. The molecule has 3 aromatic rings. The Morgan fingerprint density at radius 3 is 2.24 bits per heavy atom. The first kappa shape index (κ1) is 29.1. The van der Waals surface area contributed by atoms with Gasteiger partial charge in [-0.05, 0) is 47.4 Å². The van der Waals surface area contributed by atoms with E-state index in [2.05, 4.69) is 5.32 Å². The summed E-state index contributed by atoms with van der Waals surface area (Å²) in [6.07, 6.45) is 0.319. The summed E-state index contributed by atoms with van der Waals surface area (Å²) in [6.45, 7) is 4.30. The molecule has 0 heterocycles. The number of nitrogens with zero attached hydrogens (tertiary/aromatic N) is 1. The van der Waals surface area contributed by atoms with Crippen molar-refractivity contribution in [3.05, 3.63) is 97.9 Å². The van der Waals surface area contributed by atoms with Crippen molar-refractivity contribution in [3.63, 3.8) is 0 Å². The number of ether oxygens (including phenoxy) is 1. The van der Waals surface area contributed by atoms with Crippen LogP contribution in [0.1, 0.15) is 25.0 Å². The van der Waals surface area contributed by atoms with E-state index in [1.165, 1.54) is 11.0 Å². The molecule has 1 atom stereocenters. The van der Waals surface area contributed by atoms with Crippen molar-refractivity contribution in [1.82, 2.24) is 10.2 Å². The average molecular weight is 582 g/mol. The third-order valence-electron chi connectivity index (χ3n) is 5.54. The minimum atomic E-state index is -0.799. The third-order valence-corrected chi connectivity index (χ3v) is 6.81. The van der Waals surface area contributed by atoms with Crippen LogP contribution >= 0.6 is 46.4 Å². The van der Waals surface area contributed by atoms with Gasteiger partial charge in [-0.1, -0.05) is 96.6 Å². The van der Waals surface area contributed by atoms with Crippen LogP contribution in [0.4, 0.5) is 0 Å². The van der Waals surface area contributed by atoms with E-state index >= 15 is 0 Å². The zero-order valence-corrected chi connectivity index (χ0v) is 23.5. The molecular formula is C28H28Cl4N2O3. The highest BCUT2D eigenvalue weighted by Gasteiger charge is 2.31. The van der Waals surface area contributed by atoms with Crippen molar-refractivity contribution in [3.8, 4) is 5.75 Å². The molecule has 0 aromatic heterocycles. The first-order chi connectivity index (χ1) is 17.6. The molecule has 37 heavy (non-hydrogen) atoms. The van der Waals surface area contributed by atoms with Crippen LogP contribution in [0.5, 0.6) is 5.75 Å². The van der Waals surface area contributed by atoms with Crippen LogP contribution in [-0.4, -0.2) is 35.9 Å². The summed E-state index contributed by atoms with van der Waals surface area (Å²) < 4.78 is 5.73. The summed E-state index contributed by atoms with van der Waals surface area (Å²) in [4.78, 5) is 28.6. The van der Waals surface area contributed by atoms with Crippen LogP contribution in [0.25, 0.3) is 0 Å². The lowest BCUT2D eigenvalue weighted by Gasteiger charge is -2.32. The van der Waals surface area contributed by atoms with Crippen LogP contribution in [-0.2, 0) is 22.6 Å². The van der Waals surface area contributed by atoms with Gasteiger partial charge >= 0.3 is 0 Å². The molecule has 0 spiro atoms. The maximum Gasteiger partial charge on any atom is 0.261 e. The van der Waals surface area contributed by atoms with Gasteiger partial charge in [0.05, 0.1) is 15.1 Å². The van der Waals surface area contributed by atoms with Gasteiger partial charge in [0.2, 0.25) is 5.91 Å². The molecule has 0 saturated carbocycles. The second-order valence-electron chi connectivity index (χ2n) is 8.98. The fourth-order valence-electron chi connectivity index (χ4n) is 3.63. The normalized spacial score (nSPS) is 11.8. The molecule has 1 unspecified atom stereocenters. The Morgan fingerprint density at radius 1 is 0.865 bits per heavy atom. The van der Waals surface area contributed by atoms with Crippen LogP contribution in [0.15, 0.2) is 66.7 Å². The van der Waals surface area contributed by atoms with Crippen molar-refractivity contribution in [2.24, 2.45) is 5.92 Å². The lowest BCUT2D eigenvalue weighted by atomic mass is 10.0. The predicted octanol–water partition coefficient (Wildman–Crippen LogP) is 7.09. The van der Waals surface area contributed by atoms with E-state index < -0.39 is 11.9 Å². The maximum atomic E-state index is 13.6. The highest BCUT2D eigenvalue weighted by molar-refractivity contribution is 6.42. The van der Waals surface area contributed by atoms with E-state index in [-0.39, 0.29) is 30.0 Å². The van der Waals surface area contributed by atoms with Crippen LogP contribution in [0.3, 0.4) is 0 Å². The fraction of sp³-hybridized carbons (Fsp3) is 0.286. The van der Waals surface area contributed by atoms with E-state index in [9.17, 15) is 9.59 Å². The molecule has 0 radical (unpaired) electrons. The van der Waals surface area contributed by atoms with Crippen molar-refractivity contribution < 1.29 is 14.3 Å². The molecule has 0 aliphatic carbocycles. The zero-order chi connectivity index (χ0) is 26.9. The molecule has 1 N–H and O–H groups in total. The number of hydrogen-bond donors (Lipinski definition) is 1. The number of benzene rings is 3. The van der Waals surface area contributed by atoms with Gasteiger partial charge in [-0.15, -0.1) is 0 Å². The molecule has 5 nitrogen and oxygen atoms in total. The molecule has 2 amide bonds. The molecule has 3 rings (SSSR count). The smallest absolute Gasteiger partial charge is 0.261 e. The largest absolute Gasteiger partial charge is 0.482 e. The van der Waals surface area contributed by atoms with E-state index in [1.54, 1.807) is 30.3 Å². The Balaban J connectivity index is 1.93. The van der Waals surface area contributed by atoms with Gasteiger partial charge in [0, 0.05) is 24.5 Å². The van der Waals surface area contributed by atoms with Gasteiger partial charge in [0.25, 0.3) is 5.91 Å². The number of carbonyl (C=O) groups excluding carboxylic acids is 2. The molecule has 0 bridgehead atoms. The predicted molar refractivity (Wildman–Crippen MR) is 151 cm³/mol. The minimum Gasteiger partial charge on any atom is -0.482 e. The fourth-order valence-corrected chi connectivity index (χ4v) is 4.41. The average Bonchev–Trinajstić information content (AvgIpc) is 2.86. The quantitative estimate of drug-likeness (QED) is 0.263. The minimum absolute atomic E-state index is 0.125.